The zero-order valence-electron chi connectivity index (χ0n) is 10.9. The summed E-state index contributed by atoms with van der Waals surface area (Å²) in [6.45, 7) is 2.95. The standard InChI is InChI=1S/C15H13NO3S/c1-9-4-5-20-13(9)14(17)16-7-11-3-2-10(15(18)19)6-12(11)8-16/h2-6H,7-8H2,1H3,(H,18,19). The summed E-state index contributed by atoms with van der Waals surface area (Å²) in [4.78, 5) is 25.9. The molecule has 102 valence electrons. The molecule has 1 N–H and O–H groups in total. The molecule has 0 unspecified atom stereocenters. The van der Waals surface area contributed by atoms with Gasteiger partial charge in [-0.3, -0.25) is 4.79 Å². The molecule has 0 atom stereocenters. The van der Waals surface area contributed by atoms with Crippen LogP contribution >= 0.6 is 11.3 Å². The number of rotatable bonds is 2. The number of nitrogens with zero attached hydrogens (tertiary/aromatic N) is 1. The number of benzene rings is 1. The minimum atomic E-state index is -0.938. The number of thiophene rings is 1. The van der Waals surface area contributed by atoms with Crippen LogP contribution in [0.4, 0.5) is 0 Å². The summed E-state index contributed by atoms with van der Waals surface area (Å²) in [6, 6.07) is 6.98. The molecule has 1 aliphatic heterocycles. The maximum absolute atomic E-state index is 12.4. The van der Waals surface area contributed by atoms with Gasteiger partial charge in [-0.15, -0.1) is 11.3 Å². The molecule has 1 aromatic heterocycles. The number of amides is 1. The van der Waals surface area contributed by atoms with E-state index in [0.717, 1.165) is 21.6 Å². The van der Waals surface area contributed by atoms with Crippen LogP contribution in [0, 0.1) is 6.92 Å². The van der Waals surface area contributed by atoms with E-state index in [9.17, 15) is 9.59 Å². The molecule has 0 bridgehead atoms. The molecule has 1 amide bonds. The van der Waals surface area contributed by atoms with Crippen molar-refractivity contribution in [1.82, 2.24) is 4.90 Å². The first-order chi connectivity index (χ1) is 9.56. The van der Waals surface area contributed by atoms with Gasteiger partial charge in [0.1, 0.15) is 0 Å². The van der Waals surface area contributed by atoms with Crippen molar-refractivity contribution in [3.05, 3.63) is 56.8 Å². The molecule has 5 heteroatoms. The van der Waals surface area contributed by atoms with Crippen LogP contribution in [0.2, 0.25) is 0 Å². The van der Waals surface area contributed by atoms with Gasteiger partial charge in [-0.05, 0) is 47.2 Å². The molecular weight excluding hydrogens is 274 g/mol. The van der Waals surface area contributed by atoms with E-state index in [2.05, 4.69) is 0 Å². The van der Waals surface area contributed by atoms with Gasteiger partial charge in [0.05, 0.1) is 10.4 Å². The second kappa shape index (κ2) is 4.76. The second-order valence-corrected chi connectivity index (χ2v) is 5.80. The predicted octanol–water partition coefficient (Wildman–Crippen LogP) is 2.91. The lowest BCUT2D eigenvalue weighted by atomic mass is 10.1. The summed E-state index contributed by atoms with van der Waals surface area (Å²) in [6.07, 6.45) is 0. The smallest absolute Gasteiger partial charge is 0.335 e. The van der Waals surface area contributed by atoms with Gasteiger partial charge in [0, 0.05) is 13.1 Å². The number of hydrogen-bond donors (Lipinski definition) is 1. The molecule has 0 saturated heterocycles. The van der Waals surface area contributed by atoms with Crippen molar-refractivity contribution >= 4 is 23.2 Å². The van der Waals surface area contributed by atoms with Crippen molar-refractivity contribution in [2.24, 2.45) is 0 Å². The fourth-order valence-electron chi connectivity index (χ4n) is 2.41. The highest BCUT2D eigenvalue weighted by atomic mass is 32.1. The molecule has 0 saturated carbocycles. The maximum Gasteiger partial charge on any atom is 0.335 e. The number of carbonyl (C=O) groups is 2. The van der Waals surface area contributed by atoms with Gasteiger partial charge in [-0.1, -0.05) is 6.07 Å². The summed E-state index contributed by atoms with van der Waals surface area (Å²) in [5.74, 6) is -0.919. The largest absolute Gasteiger partial charge is 0.478 e. The van der Waals surface area contributed by atoms with E-state index in [-0.39, 0.29) is 11.5 Å². The molecule has 1 aliphatic rings. The summed E-state index contributed by atoms with van der Waals surface area (Å²) >= 11 is 1.45. The monoisotopic (exact) mass is 287 g/mol. The average Bonchev–Trinajstić information content (AvgIpc) is 3.02. The topological polar surface area (TPSA) is 57.6 Å². The fourth-order valence-corrected chi connectivity index (χ4v) is 3.30. The number of carboxylic acid groups (broad SMARTS) is 1. The molecule has 0 spiro atoms. The lowest BCUT2D eigenvalue weighted by molar-refractivity contribution is 0.0696. The van der Waals surface area contributed by atoms with Gasteiger partial charge in [-0.2, -0.15) is 0 Å². The number of aryl methyl sites for hydroxylation is 1. The SMILES string of the molecule is Cc1ccsc1C(=O)N1Cc2ccc(C(=O)O)cc2C1. The number of hydrogen-bond acceptors (Lipinski definition) is 3. The van der Waals surface area contributed by atoms with E-state index in [1.807, 2.05) is 18.4 Å². The van der Waals surface area contributed by atoms with Crippen LogP contribution in [0.5, 0.6) is 0 Å². The van der Waals surface area contributed by atoms with E-state index < -0.39 is 5.97 Å². The molecule has 4 nitrogen and oxygen atoms in total. The highest BCUT2D eigenvalue weighted by Crippen LogP contribution is 2.27. The average molecular weight is 287 g/mol. The summed E-state index contributed by atoms with van der Waals surface area (Å²) in [7, 11) is 0. The molecular formula is C15H13NO3S. The number of fused-ring (bicyclic) bond motifs is 1. The summed E-state index contributed by atoms with van der Waals surface area (Å²) in [5, 5.41) is 10.9. The van der Waals surface area contributed by atoms with Crippen molar-refractivity contribution in [1.29, 1.82) is 0 Å². The number of aromatic carboxylic acids is 1. The Bertz CT molecular complexity index is 705. The minimum Gasteiger partial charge on any atom is -0.478 e. The Kier molecular flexibility index (Phi) is 3.06. The second-order valence-electron chi connectivity index (χ2n) is 4.88. The molecule has 0 fully saturated rings. The van der Waals surface area contributed by atoms with E-state index >= 15 is 0 Å². The van der Waals surface area contributed by atoms with E-state index in [1.165, 1.54) is 11.3 Å². The normalized spacial score (nSPS) is 13.3. The third kappa shape index (κ3) is 2.10. The Morgan fingerprint density at radius 3 is 2.60 bits per heavy atom. The minimum absolute atomic E-state index is 0.0191. The van der Waals surface area contributed by atoms with Crippen molar-refractivity contribution in [2.45, 2.75) is 20.0 Å². The van der Waals surface area contributed by atoms with Crippen molar-refractivity contribution in [3.63, 3.8) is 0 Å². The third-order valence-electron chi connectivity index (χ3n) is 3.52. The van der Waals surface area contributed by atoms with Gasteiger partial charge in [0.15, 0.2) is 0 Å². The lowest BCUT2D eigenvalue weighted by Crippen LogP contribution is -2.24. The van der Waals surface area contributed by atoms with Crippen LogP contribution in [-0.4, -0.2) is 21.9 Å². The molecule has 1 aromatic carbocycles. The van der Waals surface area contributed by atoms with Gasteiger partial charge < -0.3 is 10.0 Å². The Morgan fingerprint density at radius 1 is 1.20 bits per heavy atom. The van der Waals surface area contributed by atoms with Crippen LogP contribution in [0.3, 0.4) is 0 Å². The van der Waals surface area contributed by atoms with Crippen LogP contribution in [-0.2, 0) is 13.1 Å². The quantitative estimate of drug-likeness (QED) is 0.924. The first-order valence-corrected chi connectivity index (χ1v) is 7.12. The Hall–Kier alpha value is -2.14. The Labute approximate surface area is 120 Å². The third-order valence-corrected chi connectivity index (χ3v) is 4.52. The van der Waals surface area contributed by atoms with Crippen molar-refractivity contribution in [2.75, 3.05) is 0 Å². The van der Waals surface area contributed by atoms with Crippen LogP contribution < -0.4 is 0 Å². The summed E-state index contributed by atoms with van der Waals surface area (Å²) in [5.41, 5.74) is 3.21. The van der Waals surface area contributed by atoms with Crippen LogP contribution in [0.15, 0.2) is 29.6 Å². The molecule has 0 radical (unpaired) electrons. The molecule has 3 rings (SSSR count). The predicted molar refractivity (Wildman–Crippen MR) is 76.0 cm³/mol. The van der Waals surface area contributed by atoms with Gasteiger partial charge in [-0.25, -0.2) is 4.79 Å². The van der Waals surface area contributed by atoms with Crippen LogP contribution in [0.1, 0.15) is 36.7 Å². The Balaban J connectivity index is 1.85. The zero-order chi connectivity index (χ0) is 14.3. The fraction of sp³-hybridized carbons (Fsp3) is 0.200. The molecule has 20 heavy (non-hydrogen) atoms. The van der Waals surface area contributed by atoms with Crippen LogP contribution in [0.25, 0.3) is 0 Å². The van der Waals surface area contributed by atoms with Gasteiger partial charge >= 0.3 is 5.97 Å². The maximum atomic E-state index is 12.4. The van der Waals surface area contributed by atoms with Gasteiger partial charge in [0.2, 0.25) is 0 Å². The van der Waals surface area contributed by atoms with E-state index in [4.69, 9.17) is 5.11 Å². The molecule has 2 aromatic rings. The number of carbonyl (C=O) groups excluding carboxylic acids is 1. The first kappa shape index (κ1) is 12.9. The van der Waals surface area contributed by atoms with E-state index in [0.29, 0.717) is 13.1 Å². The summed E-state index contributed by atoms with van der Waals surface area (Å²) < 4.78 is 0. The van der Waals surface area contributed by atoms with E-state index in [1.54, 1.807) is 23.1 Å². The van der Waals surface area contributed by atoms with Gasteiger partial charge in [0.25, 0.3) is 5.91 Å². The zero-order valence-corrected chi connectivity index (χ0v) is 11.7. The van der Waals surface area contributed by atoms with Crippen molar-refractivity contribution < 1.29 is 14.7 Å². The molecule has 2 heterocycles. The van der Waals surface area contributed by atoms with Crippen molar-refractivity contribution in [3.8, 4) is 0 Å². The molecule has 0 aliphatic carbocycles. The Morgan fingerprint density at radius 2 is 1.95 bits per heavy atom. The highest BCUT2D eigenvalue weighted by Gasteiger charge is 2.26. The first-order valence-electron chi connectivity index (χ1n) is 6.24. The lowest BCUT2D eigenvalue weighted by Gasteiger charge is -2.14. The highest BCUT2D eigenvalue weighted by molar-refractivity contribution is 7.12. The number of carboxylic acids is 1.